The highest BCUT2D eigenvalue weighted by Crippen LogP contribution is 2.26. The van der Waals surface area contributed by atoms with Gasteiger partial charge in [-0.1, -0.05) is 42.2 Å². The van der Waals surface area contributed by atoms with Crippen molar-refractivity contribution in [2.75, 3.05) is 20.3 Å². The Morgan fingerprint density at radius 1 is 1.04 bits per heavy atom. The summed E-state index contributed by atoms with van der Waals surface area (Å²) in [6.45, 7) is 0.845. The largest absolute Gasteiger partial charge is 0.497 e. The second-order valence-corrected chi connectivity index (χ2v) is 7.02. The predicted molar refractivity (Wildman–Crippen MR) is 107 cm³/mol. The highest BCUT2D eigenvalue weighted by Gasteiger charge is 2.21. The normalized spacial score (nSPS) is 15.0. The lowest BCUT2D eigenvalue weighted by atomic mass is 10.2. The van der Waals surface area contributed by atoms with E-state index in [0.717, 1.165) is 22.8 Å². The third-order valence-corrected chi connectivity index (χ3v) is 4.64. The summed E-state index contributed by atoms with van der Waals surface area (Å²) in [5.74, 6) is 2.07. The molecule has 0 saturated carbocycles. The standard InChI is InChI=1S/C19H17NO4S2/c1-22-15-3-2-4-16(12-15)24-10-9-23-14-7-5-13(6-8-14)11-17-18(21)20-19(25)26-17/h2-8,11-12H,9-10H2,1H3,(H,20,21,25)/b17-11-. The molecule has 1 aliphatic heterocycles. The van der Waals surface area contributed by atoms with Crippen LogP contribution in [0, 0.1) is 0 Å². The van der Waals surface area contributed by atoms with Crippen molar-refractivity contribution >= 4 is 40.3 Å². The quantitative estimate of drug-likeness (QED) is 0.445. The number of rotatable bonds is 7. The summed E-state index contributed by atoms with van der Waals surface area (Å²) in [4.78, 5) is 12.2. The van der Waals surface area contributed by atoms with Crippen LogP contribution in [0.1, 0.15) is 5.56 Å². The third kappa shape index (κ3) is 5.00. The van der Waals surface area contributed by atoms with Crippen LogP contribution in [-0.2, 0) is 4.79 Å². The van der Waals surface area contributed by atoms with Crippen LogP contribution in [0.3, 0.4) is 0 Å². The molecule has 0 radical (unpaired) electrons. The summed E-state index contributed by atoms with van der Waals surface area (Å²) in [5, 5.41) is 2.59. The number of carbonyl (C=O) groups excluding carboxylic acids is 1. The van der Waals surface area contributed by atoms with Crippen molar-refractivity contribution in [3.05, 3.63) is 59.0 Å². The van der Waals surface area contributed by atoms with Crippen LogP contribution in [0.4, 0.5) is 0 Å². The van der Waals surface area contributed by atoms with Crippen LogP contribution in [0.5, 0.6) is 17.2 Å². The lowest BCUT2D eigenvalue weighted by molar-refractivity contribution is -0.115. The average Bonchev–Trinajstić information content (AvgIpc) is 2.97. The Balaban J connectivity index is 1.48. The molecule has 2 aromatic rings. The summed E-state index contributed by atoms with van der Waals surface area (Å²) in [6, 6.07) is 14.9. The fraction of sp³-hybridized carbons (Fsp3) is 0.158. The minimum atomic E-state index is -0.157. The van der Waals surface area contributed by atoms with Gasteiger partial charge in [0, 0.05) is 6.07 Å². The molecule has 2 aromatic carbocycles. The molecule has 1 fully saturated rings. The van der Waals surface area contributed by atoms with Gasteiger partial charge in [0.25, 0.3) is 5.91 Å². The fourth-order valence-corrected chi connectivity index (χ4v) is 3.29. The number of carbonyl (C=O) groups is 1. The van der Waals surface area contributed by atoms with Gasteiger partial charge >= 0.3 is 0 Å². The Morgan fingerprint density at radius 3 is 2.38 bits per heavy atom. The first-order valence-corrected chi connectivity index (χ1v) is 9.11. The zero-order valence-corrected chi connectivity index (χ0v) is 15.7. The molecule has 1 heterocycles. The number of hydrogen-bond donors (Lipinski definition) is 1. The summed E-state index contributed by atoms with van der Waals surface area (Å²) < 4.78 is 16.9. The van der Waals surface area contributed by atoms with Gasteiger partial charge in [0.05, 0.1) is 12.0 Å². The minimum Gasteiger partial charge on any atom is -0.497 e. The van der Waals surface area contributed by atoms with E-state index in [1.165, 1.54) is 11.8 Å². The van der Waals surface area contributed by atoms with Crippen LogP contribution in [0.15, 0.2) is 53.4 Å². The monoisotopic (exact) mass is 387 g/mol. The molecule has 7 heteroatoms. The smallest absolute Gasteiger partial charge is 0.263 e. The highest BCUT2D eigenvalue weighted by atomic mass is 32.2. The highest BCUT2D eigenvalue weighted by molar-refractivity contribution is 8.26. The van der Waals surface area contributed by atoms with Crippen LogP contribution in [0.2, 0.25) is 0 Å². The molecule has 3 rings (SSSR count). The molecule has 26 heavy (non-hydrogen) atoms. The van der Waals surface area contributed by atoms with Crippen molar-refractivity contribution < 1.29 is 19.0 Å². The van der Waals surface area contributed by atoms with Crippen molar-refractivity contribution in [1.82, 2.24) is 5.32 Å². The predicted octanol–water partition coefficient (Wildman–Crippen LogP) is 3.64. The number of methoxy groups -OCH3 is 1. The number of thioether (sulfide) groups is 1. The first kappa shape index (κ1) is 18.3. The fourth-order valence-electron chi connectivity index (χ4n) is 2.24. The third-order valence-electron chi connectivity index (χ3n) is 3.48. The van der Waals surface area contributed by atoms with Gasteiger partial charge in [0.1, 0.15) is 34.8 Å². The average molecular weight is 387 g/mol. The van der Waals surface area contributed by atoms with Crippen molar-refractivity contribution in [1.29, 1.82) is 0 Å². The molecule has 1 N–H and O–H groups in total. The second kappa shape index (κ2) is 8.73. The minimum absolute atomic E-state index is 0.157. The van der Waals surface area contributed by atoms with E-state index in [2.05, 4.69) is 5.32 Å². The first-order valence-electron chi connectivity index (χ1n) is 7.88. The van der Waals surface area contributed by atoms with Gasteiger partial charge in [-0.25, -0.2) is 0 Å². The van der Waals surface area contributed by atoms with Gasteiger partial charge in [0.2, 0.25) is 0 Å². The van der Waals surface area contributed by atoms with Crippen LogP contribution >= 0.6 is 24.0 Å². The van der Waals surface area contributed by atoms with Gasteiger partial charge < -0.3 is 19.5 Å². The molecule has 0 atom stereocenters. The second-order valence-electron chi connectivity index (χ2n) is 5.30. The molecule has 1 amide bonds. The van der Waals surface area contributed by atoms with E-state index in [1.54, 1.807) is 13.2 Å². The van der Waals surface area contributed by atoms with E-state index in [1.807, 2.05) is 48.5 Å². The number of hydrogen-bond acceptors (Lipinski definition) is 6. The van der Waals surface area contributed by atoms with Gasteiger partial charge in [-0.05, 0) is 35.9 Å². The molecule has 0 aliphatic carbocycles. The van der Waals surface area contributed by atoms with Gasteiger partial charge in [-0.3, -0.25) is 4.79 Å². The van der Waals surface area contributed by atoms with Gasteiger partial charge in [-0.15, -0.1) is 0 Å². The molecule has 1 aliphatic rings. The lowest BCUT2D eigenvalue weighted by Crippen LogP contribution is -2.17. The number of benzene rings is 2. The van der Waals surface area contributed by atoms with E-state index in [4.69, 9.17) is 26.4 Å². The molecular formula is C19H17NO4S2. The van der Waals surface area contributed by atoms with Crippen LogP contribution < -0.4 is 19.5 Å². The van der Waals surface area contributed by atoms with E-state index in [0.29, 0.717) is 22.4 Å². The van der Waals surface area contributed by atoms with Crippen molar-refractivity contribution in [2.24, 2.45) is 0 Å². The van der Waals surface area contributed by atoms with Crippen molar-refractivity contribution in [3.63, 3.8) is 0 Å². The number of amides is 1. The summed E-state index contributed by atoms with van der Waals surface area (Å²) in [7, 11) is 1.62. The maximum atomic E-state index is 11.7. The Bertz CT molecular complexity index is 834. The number of ether oxygens (including phenoxy) is 3. The van der Waals surface area contributed by atoms with E-state index in [-0.39, 0.29) is 5.91 Å². The Kier molecular flexibility index (Phi) is 6.14. The molecular weight excluding hydrogens is 370 g/mol. The molecule has 1 saturated heterocycles. The van der Waals surface area contributed by atoms with Crippen molar-refractivity contribution in [2.45, 2.75) is 0 Å². The number of thiocarbonyl (C=S) groups is 1. The lowest BCUT2D eigenvalue weighted by Gasteiger charge is -2.09. The van der Waals surface area contributed by atoms with Crippen LogP contribution in [-0.4, -0.2) is 30.6 Å². The zero-order valence-electron chi connectivity index (χ0n) is 14.1. The molecule has 134 valence electrons. The van der Waals surface area contributed by atoms with Crippen LogP contribution in [0.25, 0.3) is 6.08 Å². The molecule has 0 spiro atoms. The summed E-state index contributed by atoms with van der Waals surface area (Å²) in [5.41, 5.74) is 0.910. The maximum absolute atomic E-state index is 11.7. The zero-order chi connectivity index (χ0) is 18.4. The molecule has 0 bridgehead atoms. The topological polar surface area (TPSA) is 56.8 Å². The number of nitrogens with one attached hydrogen (secondary N) is 1. The van der Waals surface area contributed by atoms with Crippen molar-refractivity contribution in [3.8, 4) is 17.2 Å². The van der Waals surface area contributed by atoms with Gasteiger partial charge in [0.15, 0.2) is 0 Å². The molecule has 0 unspecified atom stereocenters. The molecule has 5 nitrogen and oxygen atoms in total. The Hall–Kier alpha value is -2.51. The summed E-state index contributed by atoms with van der Waals surface area (Å²) in [6.07, 6.45) is 1.80. The molecule has 0 aromatic heterocycles. The van der Waals surface area contributed by atoms with E-state index < -0.39 is 0 Å². The van der Waals surface area contributed by atoms with E-state index >= 15 is 0 Å². The Labute approximate surface area is 161 Å². The Morgan fingerprint density at radius 2 is 1.73 bits per heavy atom. The summed E-state index contributed by atoms with van der Waals surface area (Å²) >= 11 is 6.24. The van der Waals surface area contributed by atoms with Gasteiger partial charge in [-0.2, -0.15) is 0 Å². The first-order chi connectivity index (χ1) is 12.6. The maximum Gasteiger partial charge on any atom is 0.263 e. The SMILES string of the molecule is COc1cccc(OCCOc2ccc(/C=C3\SC(=S)NC3=O)cc2)c1. The van der Waals surface area contributed by atoms with E-state index in [9.17, 15) is 4.79 Å².